The molecular formula is C25H23BrN2O3S. The van der Waals surface area contributed by atoms with E-state index in [2.05, 4.69) is 50.3 Å². The molecule has 5 rings (SSSR count). The van der Waals surface area contributed by atoms with Gasteiger partial charge < -0.3 is 10.1 Å². The lowest BCUT2D eigenvalue weighted by Gasteiger charge is -2.37. The van der Waals surface area contributed by atoms with Crippen LogP contribution in [0.25, 0.3) is 0 Å². The van der Waals surface area contributed by atoms with Gasteiger partial charge in [-0.1, -0.05) is 46.3 Å². The average molecular weight is 511 g/mol. The first-order chi connectivity index (χ1) is 15.4. The van der Waals surface area contributed by atoms with E-state index < -0.39 is 10.0 Å². The zero-order valence-electron chi connectivity index (χ0n) is 17.5. The summed E-state index contributed by atoms with van der Waals surface area (Å²) < 4.78 is 35.0. The first-order valence-corrected chi connectivity index (χ1v) is 12.7. The molecule has 0 amide bonds. The number of rotatable bonds is 5. The Morgan fingerprint density at radius 2 is 1.91 bits per heavy atom. The van der Waals surface area contributed by atoms with Crippen LogP contribution >= 0.6 is 15.9 Å². The summed E-state index contributed by atoms with van der Waals surface area (Å²) in [6.45, 7) is 0. The molecule has 2 aliphatic rings. The molecule has 1 heterocycles. The number of ether oxygens (including phenoxy) is 1. The lowest BCUT2D eigenvalue weighted by molar-refractivity contribution is 0.406. The highest BCUT2D eigenvalue weighted by Crippen LogP contribution is 2.50. The van der Waals surface area contributed by atoms with Crippen LogP contribution in [0.4, 0.5) is 11.4 Å². The molecule has 0 aromatic heterocycles. The highest BCUT2D eigenvalue weighted by molar-refractivity contribution is 9.10. The summed E-state index contributed by atoms with van der Waals surface area (Å²) in [6.07, 6.45) is 5.34. The quantitative estimate of drug-likeness (QED) is 0.407. The Hall–Kier alpha value is -2.77. The van der Waals surface area contributed by atoms with E-state index in [-0.39, 0.29) is 16.9 Å². The number of allylic oxidation sites excluding steroid dienone is 2. The largest absolute Gasteiger partial charge is 0.497 e. The third kappa shape index (κ3) is 3.91. The van der Waals surface area contributed by atoms with Crippen molar-refractivity contribution in [2.75, 3.05) is 17.1 Å². The number of nitrogens with one attached hydrogen (secondary N) is 2. The van der Waals surface area contributed by atoms with Crippen LogP contribution in [0.3, 0.4) is 0 Å². The number of benzene rings is 3. The minimum atomic E-state index is -3.71. The normalized spacial score (nSPS) is 21.4. The second kappa shape index (κ2) is 8.30. The molecule has 164 valence electrons. The molecular weight excluding hydrogens is 488 g/mol. The van der Waals surface area contributed by atoms with Crippen LogP contribution in [0.1, 0.15) is 29.5 Å². The Labute approximate surface area is 196 Å². The molecule has 3 aromatic rings. The highest BCUT2D eigenvalue weighted by atomic mass is 79.9. The van der Waals surface area contributed by atoms with E-state index in [0.29, 0.717) is 11.6 Å². The molecule has 1 aliphatic heterocycles. The van der Waals surface area contributed by atoms with Crippen molar-refractivity contribution in [2.45, 2.75) is 23.3 Å². The molecule has 0 spiro atoms. The van der Waals surface area contributed by atoms with Gasteiger partial charge in [0.1, 0.15) is 5.75 Å². The molecule has 0 bridgehead atoms. The van der Waals surface area contributed by atoms with Gasteiger partial charge >= 0.3 is 0 Å². The van der Waals surface area contributed by atoms with Crippen molar-refractivity contribution in [1.82, 2.24) is 0 Å². The van der Waals surface area contributed by atoms with E-state index in [1.54, 1.807) is 37.4 Å². The maximum Gasteiger partial charge on any atom is 0.261 e. The lowest BCUT2D eigenvalue weighted by atomic mass is 9.77. The molecule has 5 nitrogen and oxygen atoms in total. The molecule has 0 saturated heterocycles. The van der Waals surface area contributed by atoms with Crippen molar-refractivity contribution in [3.05, 3.63) is 94.5 Å². The summed E-state index contributed by atoms with van der Waals surface area (Å²) in [5.74, 6) is 1.30. The van der Waals surface area contributed by atoms with E-state index in [4.69, 9.17) is 4.74 Å². The SMILES string of the molecule is COc1cccc([C@H]2Nc3ccc(S(=O)(=O)Nc4cccc(Br)c4)cc3[C@H]3C=CC[C@H]32)c1. The lowest BCUT2D eigenvalue weighted by Crippen LogP contribution is -2.29. The Morgan fingerprint density at radius 3 is 2.72 bits per heavy atom. The number of hydrogen-bond acceptors (Lipinski definition) is 4. The van der Waals surface area contributed by atoms with Gasteiger partial charge in [-0.15, -0.1) is 0 Å². The van der Waals surface area contributed by atoms with Crippen LogP contribution in [0.15, 0.2) is 88.3 Å². The number of anilines is 2. The fourth-order valence-electron chi connectivity index (χ4n) is 4.67. The van der Waals surface area contributed by atoms with Crippen molar-refractivity contribution in [2.24, 2.45) is 5.92 Å². The smallest absolute Gasteiger partial charge is 0.261 e. The molecule has 0 fully saturated rings. The van der Waals surface area contributed by atoms with Crippen molar-refractivity contribution < 1.29 is 13.2 Å². The van der Waals surface area contributed by atoms with E-state index in [1.165, 1.54) is 5.56 Å². The number of hydrogen-bond donors (Lipinski definition) is 2. The van der Waals surface area contributed by atoms with Gasteiger partial charge in [-0.2, -0.15) is 0 Å². The van der Waals surface area contributed by atoms with Crippen molar-refractivity contribution >= 4 is 37.3 Å². The summed E-state index contributed by atoms with van der Waals surface area (Å²) >= 11 is 3.38. The van der Waals surface area contributed by atoms with Crippen molar-refractivity contribution in [1.29, 1.82) is 0 Å². The fourth-order valence-corrected chi connectivity index (χ4v) is 6.15. The highest BCUT2D eigenvalue weighted by Gasteiger charge is 2.38. The van der Waals surface area contributed by atoms with Gasteiger partial charge in [0.2, 0.25) is 0 Å². The molecule has 32 heavy (non-hydrogen) atoms. The second-order valence-electron chi connectivity index (χ2n) is 8.12. The molecule has 3 atom stereocenters. The van der Waals surface area contributed by atoms with Crippen LogP contribution in [-0.4, -0.2) is 15.5 Å². The van der Waals surface area contributed by atoms with Crippen LogP contribution < -0.4 is 14.8 Å². The zero-order valence-corrected chi connectivity index (χ0v) is 19.9. The summed E-state index contributed by atoms with van der Waals surface area (Å²) in [5.41, 5.74) is 3.67. The minimum absolute atomic E-state index is 0.125. The summed E-state index contributed by atoms with van der Waals surface area (Å²) in [5, 5.41) is 3.65. The van der Waals surface area contributed by atoms with Gasteiger partial charge in [-0.3, -0.25) is 4.72 Å². The Balaban J connectivity index is 1.49. The predicted octanol–water partition coefficient (Wildman–Crippen LogP) is 6.09. The van der Waals surface area contributed by atoms with Gasteiger partial charge in [0.05, 0.1) is 18.0 Å². The average Bonchev–Trinajstić information content (AvgIpc) is 3.28. The summed E-state index contributed by atoms with van der Waals surface area (Å²) in [4.78, 5) is 0.261. The third-order valence-electron chi connectivity index (χ3n) is 6.17. The van der Waals surface area contributed by atoms with Crippen molar-refractivity contribution in [3.8, 4) is 5.75 Å². The van der Waals surface area contributed by atoms with Gasteiger partial charge in [0, 0.05) is 21.8 Å². The van der Waals surface area contributed by atoms with Crippen LogP contribution in [0.2, 0.25) is 0 Å². The molecule has 0 radical (unpaired) electrons. The first-order valence-electron chi connectivity index (χ1n) is 10.4. The Morgan fingerprint density at radius 1 is 1.06 bits per heavy atom. The molecule has 3 aromatic carbocycles. The molecule has 0 unspecified atom stereocenters. The van der Waals surface area contributed by atoms with Crippen LogP contribution in [0.5, 0.6) is 5.75 Å². The zero-order chi connectivity index (χ0) is 22.3. The van der Waals surface area contributed by atoms with E-state index in [0.717, 1.165) is 27.9 Å². The topological polar surface area (TPSA) is 67.4 Å². The van der Waals surface area contributed by atoms with Crippen LogP contribution in [-0.2, 0) is 10.0 Å². The number of halogens is 1. The van der Waals surface area contributed by atoms with Crippen molar-refractivity contribution in [3.63, 3.8) is 0 Å². The van der Waals surface area contributed by atoms with E-state index in [9.17, 15) is 8.42 Å². The minimum Gasteiger partial charge on any atom is -0.497 e. The van der Waals surface area contributed by atoms with Gasteiger partial charge in [-0.25, -0.2) is 8.42 Å². The molecule has 0 saturated carbocycles. The van der Waals surface area contributed by atoms with Crippen LogP contribution in [0, 0.1) is 5.92 Å². The number of fused-ring (bicyclic) bond motifs is 3. The Bertz CT molecular complexity index is 1310. The maximum atomic E-state index is 13.1. The number of methoxy groups -OCH3 is 1. The monoisotopic (exact) mass is 510 g/mol. The second-order valence-corrected chi connectivity index (χ2v) is 10.7. The summed E-state index contributed by atoms with van der Waals surface area (Å²) in [6, 6.07) is 20.7. The van der Waals surface area contributed by atoms with E-state index in [1.807, 2.05) is 24.3 Å². The standard InChI is InChI=1S/C25H23BrN2O3S/c1-31-19-8-2-5-16(13-19)25-22-10-4-9-21(22)23-15-20(11-12-24(23)27-25)32(29,30)28-18-7-3-6-17(26)14-18/h2-9,11-15,21-22,25,27-28H,10H2,1H3/t21-,22+,25+/m0/s1. The fraction of sp³-hybridized carbons (Fsp3) is 0.200. The van der Waals surface area contributed by atoms with Gasteiger partial charge in [-0.05, 0) is 72.0 Å². The third-order valence-corrected chi connectivity index (χ3v) is 8.05. The van der Waals surface area contributed by atoms with Gasteiger partial charge in [0.25, 0.3) is 10.0 Å². The first kappa shape index (κ1) is 21.1. The molecule has 1 aliphatic carbocycles. The Kier molecular flexibility index (Phi) is 5.47. The molecule has 2 N–H and O–H groups in total. The summed E-state index contributed by atoms with van der Waals surface area (Å²) in [7, 11) is -2.03. The molecule has 7 heteroatoms. The maximum absolute atomic E-state index is 13.1. The predicted molar refractivity (Wildman–Crippen MR) is 131 cm³/mol. The van der Waals surface area contributed by atoms with Gasteiger partial charge in [0.15, 0.2) is 0 Å². The number of sulfonamides is 1. The van der Waals surface area contributed by atoms with E-state index >= 15 is 0 Å².